The van der Waals surface area contributed by atoms with Crippen LogP contribution in [0.4, 0.5) is 18.9 Å². The molecule has 1 aromatic heterocycles. The molecule has 7 nitrogen and oxygen atoms in total. The number of rotatable bonds is 5. The molecule has 2 aromatic carbocycles. The van der Waals surface area contributed by atoms with Crippen LogP contribution in [-0.4, -0.2) is 33.7 Å². The summed E-state index contributed by atoms with van der Waals surface area (Å²) in [5.41, 5.74) is 0.307. The molecule has 1 heterocycles. The lowest BCUT2D eigenvalue weighted by Gasteiger charge is -2.10. The van der Waals surface area contributed by atoms with Crippen LogP contribution in [-0.2, 0) is 11.3 Å². The van der Waals surface area contributed by atoms with Gasteiger partial charge in [-0.2, -0.15) is 13.2 Å². The first kappa shape index (κ1) is 18.4. The molecule has 0 atom stereocenters. The number of hydrogen-bond donors (Lipinski definition) is 1. The van der Waals surface area contributed by atoms with Crippen molar-refractivity contribution in [3.05, 3.63) is 58.9 Å². The minimum absolute atomic E-state index is 0.0157. The van der Waals surface area contributed by atoms with Gasteiger partial charge in [-0.05, 0) is 36.4 Å². The van der Waals surface area contributed by atoms with Crippen molar-refractivity contribution in [2.45, 2.75) is 12.7 Å². The van der Waals surface area contributed by atoms with E-state index in [1.807, 2.05) is 0 Å². The van der Waals surface area contributed by atoms with Gasteiger partial charge in [0.15, 0.2) is 6.61 Å². The highest BCUT2D eigenvalue weighted by Crippen LogP contribution is 2.20. The monoisotopic (exact) mass is 378 g/mol. The molecule has 0 bridgehead atoms. The molecule has 0 radical (unpaired) electrons. The number of ether oxygens (including phenoxy) is 1. The number of carbonyl (C=O) groups excluding carboxylic acids is 1. The molecule has 140 valence electrons. The summed E-state index contributed by atoms with van der Waals surface area (Å²) in [5.74, 6) is -0.521. The quantitative estimate of drug-likeness (QED) is 0.737. The van der Waals surface area contributed by atoms with Crippen LogP contribution in [0, 0.1) is 0 Å². The highest BCUT2D eigenvalue weighted by molar-refractivity contribution is 5.90. The van der Waals surface area contributed by atoms with Gasteiger partial charge in [0.25, 0.3) is 5.56 Å². The Morgan fingerprint density at radius 1 is 1.11 bits per heavy atom. The fourth-order valence-corrected chi connectivity index (χ4v) is 2.26. The number of alkyl halides is 3. The summed E-state index contributed by atoms with van der Waals surface area (Å²) in [6, 6.07) is 12.0. The van der Waals surface area contributed by atoms with E-state index in [-0.39, 0.29) is 12.3 Å². The second-order valence-electron chi connectivity index (χ2n) is 5.55. The second kappa shape index (κ2) is 7.44. The lowest BCUT2D eigenvalue weighted by atomic mass is 10.2. The molecule has 0 fully saturated rings. The minimum atomic E-state index is -4.43. The Labute approximate surface area is 150 Å². The topological polar surface area (TPSA) is 86.1 Å². The second-order valence-corrected chi connectivity index (χ2v) is 5.55. The Morgan fingerprint density at radius 2 is 1.81 bits per heavy atom. The van der Waals surface area contributed by atoms with Gasteiger partial charge in [-0.15, -0.1) is 5.10 Å². The molecule has 1 amide bonds. The van der Waals surface area contributed by atoms with E-state index < -0.39 is 24.2 Å². The van der Waals surface area contributed by atoms with E-state index in [9.17, 15) is 22.8 Å². The van der Waals surface area contributed by atoms with Crippen molar-refractivity contribution in [1.82, 2.24) is 15.0 Å². The van der Waals surface area contributed by atoms with E-state index in [1.165, 1.54) is 24.3 Å². The zero-order chi connectivity index (χ0) is 19.4. The van der Waals surface area contributed by atoms with Crippen molar-refractivity contribution in [1.29, 1.82) is 0 Å². The van der Waals surface area contributed by atoms with E-state index >= 15 is 0 Å². The largest absolute Gasteiger partial charge is 0.484 e. The van der Waals surface area contributed by atoms with E-state index in [1.54, 1.807) is 24.3 Å². The van der Waals surface area contributed by atoms with E-state index in [0.717, 1.165) is 4.68 Å². The molecule has 0 aliphatic rings. The lowest BCUT2D eigenvalue weighted by Crippen LogP contribution is -2.30. The van der Waals surface area contributed by atoms with Gasteiger partial charge in [0, 0.05) is 5.69 Å². The van der Waals surface area contributed by atoms with Gasteiger partial charge in [-0.1, -0.05) is 17.3 Å². The predicted octanol–water partition coefficient (Wildman–Crippen LogP) is 2.37. The molecule has 3 aromatic rings. The highest BCUT2D eigenvalue weighted by Gasteiger charge is 2.28. The third kappa shape index (κ3) is 4.81. The van der Waals surface area contributed by atoms with Crippen molar-refractivity contribution in [2.24, 2.45) is 0 Å². The van der Waals surface area contributed by atoms with Crippen LogP contribution >= 0.6 is 0 Å². The number of nitrogens with zero attached hydrogens (tertiary/aromatic N) is 3. The summed E-state index contributed by atoms with van der Waals surface area (Å²) in [7, 11) is 0. The van der Waals surface area contributed by atoms with Crippen LogP contribution in [0.25, 0.3) is 10.9 Å². The van der Waals surface area contributed by atoms with Gasteiger partial charge < -0.3 is 10.1 Å². The van der Waals surface area contributed by atoms with Gasteiger partial charge in [0.2, 0.25) is 5.91 Å². The molecule has 0 aliphatic heterocycles. The van der Waals surface area contributed by atoms with Crippen molar-refractivity contribution in [3.63, 3.8) is 0 Å². The number of benzene rings is 2. The minimum Gasteiger partial charge on any atom is -0.484 e. The maximum atomic E-state index is 12.3. The third-order valence-electron chi connectivity index (χ3n) is 3.46. The smallest absolute Gasteiger partial charge is 0.422 e. The number of amides is 1. The zero-order valence-electron chi connectivity index (χ0n) is 13.7. The first-order valence-electron chi connectivity index (χ1n) is 7.74. The Balaban J connectivity index is 1.64. The standard InChI is InChI=1S/C17H13F3N4O3/c18-17(19,20)10-27-12-7-5-11(6-8-12)21-15(25)9-24-16(26)13-3-1-2-4-14(13)22-23-24/h1-8H,9-10H2,(H,21,25). The fourth-order valence-electron chi connectivity index (χ4n) is 2.26. The number of anilines is 1. The van der Waals surface area contributed by atoms with Crippen LogP contribution in [0.2, 0.25) is 0 Å². The number of aromatic nitrogens is 3. The molecule has 0 saturated heterocycles. The molecule has 0 spiro atoms. The van der Waals surface area contributed by atoms with Crippen molar-refractivity contribution < 1.29 is 22.7 Å². The van der Waals surface area contributed by atoms with Crippen molar-refractivity contribution in [2.75, 3.05) is 11.9 Å². The highest BCUT2D eigenvalue weighted by atomic mass is 19.4. The third-order valence-corrected chi connectivity index (χ3v) is 3.46. The van der Waals surface area contributed by atoms with Crippen molar-refractivity contribution >= 4 is 22.5 Å². The molecule has 3 rings (SSSR count). The van der Waals surface area contributed by atoms with Crippen molar-refractivity contribution in [3.8, 4) is 5.75 Å². The Morgan fingerprint density at radius 3 is 2.52 bits per heavy atom. The molecule has 1 N–H and O–H groups in total. The number of halogens is 3. The van der Waals surface area contributed by atoms with Crippen LogP contribution in [0.1, 0.15) is 0 Å². The normalized spacial score (nSPS) is 11.4. The number of nitrogens with one attached hydrogen (secondary N) is 1. The molecule has 10 heteroatoms. The van der Waals surface area contributed by atoms with E-state index in [0.29, 0.717) is 16.6 Å². The molecular formula is C17H13F3N4O3. The van der Waals surface area contributed by atoms with E-state index in [4.69, 9.17) is 0 Å². The van der Waals surface area contributed by atoms with Gasteiger partial charge in [-0.25, -0.2) is 4.68 Å². The number of fused-ring (bicyclic) bond motifs is 1. The van der Waals surface area contributed by atoms with Gasteiger partial charge >= 0.3 is 6.18 Å². The summed E-state index contributed by atoms with van der Waals surface area (Å²) in [6.45, 7) is -1.76. The number of carbonyl (C=O) groups is 1. The number of hydrogen-bond acceptors (Lipinski definition) is 5. The van der Waals surface area contributed by atoms with Crippen LogP contribution < -0.4 is 15.6 Å². The average molecular weight is 378 g/mol. The maximum Gasteiger partial charge on any atom is 0.422 e. The first-order valence-corrected chi connectivity index (χ1v) is 7.74. The summed E-state index contributed by atoms with van der Waals surface area (Å²) in [4.78, 5) is 24.4. The summed E-state index contributed by atoms with van der Waals surface area (Å²) < 4.78 is 41.8. The summed E-state index contributed by atoms with van der Waals surface area (Å²) in [5, 5.41) is 10.5. The van der Waals surface area contributed by atoms with Gasteiger partial charge in [-0.3, -0.25) is 9.59 Å². The van der Waals surface area contributed by atoms with Gasteiger partial charge in [0.1, 0.15) is 17.8 Å². The van der Waals surface area contributed by atoms with Gasteiger partial charge in [0.05, 0.1) is 5.39 Å². The Bertz CT molecular complexity index is 1020. The molecular weight excluding hydrogens is 365 g/mol. The molecule has 0 unspecified atom stereocenters. The van der Waals surface area contributed by atoms with Crippen LogP contribution in [0.3, 0.4) is 0 Å². The zero-order valence-corrected chi connectivity index (χ0v) is 13.7. The van der Waals surface area contributed by atoms with Crippen LogP contribution in [0.15, 0.2) is 53.3 Å². The van der Waals surface area contributed by atoms with Crippen LogP contribution in [0.5, 0.6) is 5.75 Å². The summed E-state index contributed by atoms with van der Waals surface area (Å²) in [6.07, 6.45) is -4.43. The Hall–Kier alpha value is -3.43. The molecule has 0 saturated carbocycles. The summed E-state index contributed by atoms with van der Waals surface area (Å²) >= 11 is 0. The first-order chi connectivity index (χ1) is 12.8. The predicted molar refractivity (Wildman–Crippen MR) is 90.4 cm³/mol. The van der Waals surface area contributed by atoms with E-state index in [2.05, 4.69) is 20.4 Å². The SMILES string of the molecule is O=C(Cn1nnc2ccccc2c1=O)Nc1ccc(OCC(F)(F)F)cc1. The fraction of sp³-hybridized carbons (Fsp3) is 0.176. The maximum absolute atomic E-state index is 12.3. The Kier molecular flexibility index (Phi) is 5.06. The lowest BCUT2D eigenvalue weighted by molar-refractivity contribution is -0.153. The molecule has 0 aliphatic carbocycles. The average Bonchev–Trinajstić information content (AvgIpc) is 2.63. The molecule has 27 heavy (non-hydrogen) atoms.